The van der Waals surface area contributed by atoms with Crippen molar-refractivity contribution in [2.24, 2.45) is 0 Å². The highest BCUT2D eigenvalue weighted by molar-refractivity contribution is 7.80. The largest absolute Gasteiger partial charge is 0.457 e. The molecule has 1 heterocycles. The van der Waals surface area contributed by atoms with Crippen LogP contribution in [0.3, 0.4) is 0 Å². The van der Waals surface area contributed by atoms with Gasteiger partial charge in [-0.05, 0) is 12.8 Å². The van der Waals surface area contributed by atoms with Crippen LogP contribution in [0, 0.1) is 0 Å². The van der Waals surface area contributed by atoms with Crippen LogP contribution in [0.15, 0.2) is 0 Å². The Labute approximate surface area is 277 Å². The molecule has 274 valence electrons. The predicted molar refractivity (Wildman–Crippen MR) is 175 cm³/mol. The second-order valence-corrected chi connectivity index (χ2v) is 13.5. The fourth-order valence-electron chi connectivity index (χ4n) is 5.49. The van der Waals surface area contributed by atoms with Crippen molar-refractivity contribution >= 4 is 16.4 Å². The van der Waals surface area contributed by atoms with Gasteiger partial charge in [0.05, 0.1) is 19.8 Å². The van der Waals surface area contributed by atoms with Crippen LogP contribution >= 0.6 is 0 Å². The molecule has 1 fully saturated rings. The van der Waals surface area contributed by atoms with Crippen molar-refractivity contribution in [2.45, 2.75) is 179 Å². The maximum atomic E-state index is 12.6. The number of ether oxygens (including phenoxy) is 4. The van der Waals surface area contributed by atoms with E-state index in [9.17, 15) is 28.5 Å². The van der Waals surface area contributed by atoms with Gasteiger partial charge < -0.3 is 34.3 Å². The summed E-state index contributed by atoms with van der Waals surface area (Å²) in [6.45, 7) is 3.92. The lowest BCUT2D eigenvalue weighted by Gasteiger charge is -2.41. The first-order chi connectivity index (χ1) is 22.1. The summed E-state index contributed by atoms with van der Waals surface area (Å²) < 4.78 is 58.5. The molecule has 0 radical (unpaired) electrons. The number of aliphatic hydroxyl groups excluding tert-OH is 3. The fraction of sp³-hybridized carbons (Fsp3) is 0.970. The molecule has 1 aliphatic heterocycles. The van der Waals surface area contributed by atoms with Gasteiger partial charge in [0, 0.05) is 13.0 Å². The summed E-state index contributed by atoms with van der Waals surface area (Å²) in [5.74, 6) is -0.405. The summed E-state index contributed by atoms with van der Waals surface area (Å²) in [5.41, 5.74) is 0. The fourth-order valence-corrected chi connectivity index (χ4v) is 6.00. The van der Waals surface area contributed by atoms with Gasteiger partial charge in [-0.2, -0.15) is 8.42 Å². The zero-order chi connectivity index (χ0) is 34.0. The first kappa shape index (κ1) is 43.1. The minimum absolute atomic E-state index is 0.0423. The lowest BCUT2D eigenvalue weighted by molar-refractivity contribution is -0.301. The van der Waals surface area contributed by atoms with Crippen LogP contribution in [0.1, 0.15) is 142 Å². The van der Waals surface area contributed by atoms with Crippen molar-refractivity contribution in [1.82, 2.24) is 0 Å². The van der Waals surface area contributed by atoms with Gasteiger partial charge in [0.15, 0.2) is 6.29 Å². The van der Waals surface area contributed by atoms with Gasteiger partial charge in [-0.25, -0.2) is 4.18 Å². The first-order valence-electron chi connectivity index (χ1n) is 17.8. The van der Waals surface area contributed by atoms with Crippen LogP contribution in [0.2, 0.25) is 0 Å². The number of rotatable bonds is 30. The molecule has 0 aliphatic carbocycles. The maximum absolute atomic E-state index is 12.6. The van der Waals surface area contributed by atoms with Crippen molar-refractivity contribution in [2.75, 3.05) is 26.4 Å². The molecule has 13 heteroatoms. The van der Waals surface area contributed by atoms with Crippen LogP contribution in [0.5, 0.6) is 0 Å². The van der Waals surface area contributed by atoms with Crippen molar-refractivity contribution in [1.29, 1.82) is 0 Å². The molecule has 0 saturated carbocycles. The molecular weight excluding hydrogens is 620 g/mol. The van der Waals surface area contributed by atoms with E-state index in [2.05, 4.69) is 18.0 Å². The summed E-state index contributed by atoms with van der Waals surface area (Å²) >= 11 is 0. The van der Waals surface area contributed by atoms with Crippen molar-refractivity contribution in [3.63, 3.8) is 0 Å². The molecule has 12 nitrogen and oxygen atoms in total. The van der Waals surface area contributed by atoms with Gasteiger partial charge in [0.1, 0.15) is 30.5 Å². The predicted octanol–water partition coefficient (Wildman–Crippen LogP) is 5.40. The summed E-state index contributed by atoms with van der Waals surface area (Å²) in [6, 6.07) is 0. The maximum Gasteiger partial charge on any atom is 0.397 e. The topological polar surface area (TPSA) is 178 Å². The Kier molecular flexibility index (Phi) is 25.3. The molecule has 4 N–H and O–H groups in total. The monoisotopic (exact) mass is 684 g/mol. The van der Waals surface area contributed by atoms with Crippen LogP contribution in [-0.4, -0.2) is 97.5 Å². The first-order valence-corrected chi connectivity index (χ1v) is 19.2. The summed E-state index contributed by atoms with van der Waals surface area (Å²) in [7, 11) is -5.04. The SMILES string of the molecule is CCCCCCCCCCCCCCOCC(COC1OC(CO)C(O)C(OS(=O)(=O)O)C1O)OC(=O)CCCCCCCCC. The molecule has 0 aromatic rings. The van der Waals surface area contributed by atoms with Crippen LogP contribution in [-0.2, 0) is 38.3 Å². The number of esters is 1. The highest BCUT2D eigenvalue weighted by atomic mass is 32.3. The molecule has 6 atom stereocenters. The van der Waals surface area contributed by atoms with E-state index in [1.165, 1.54) is 77.0 Å². The number of hydrogen-bond acceptors (Lipinski definition) is 11. The molecular formula is C33H64O12S. The Morgan fingerprint density at radius 1 is 0.739 bits per heavy atom. The standard InChI is InChI=1S/C33H64O12S/c1-3-5-7-9-11-12-13-14-15-17-19-21-23-41-25-27(43-29(35)22-20-18-16-10-8-6-4-2)26-42-33-31(37)32(45-46(38,39)40)30(36)28(24-34)44-33/h27-28,30-34,36-37H,3-26H2,1-2H3,(H,38,39,40). The highest BCUT2D eigenvalue weighted by Crippen LogP contribution is 2.26. The zero-order valence-corrected chi connectivity index (χ0v) is 29.2. The van der Waals surface area contributed by atoms with Gasteiger partial charge >= 0.3 is 16.4 Å². The van der Waals surface area contributed by atoms with E-state index in [0.29, 0.717) is 13.0 Å². The minimum atomic E-state index is -5.04. The summed E-state index contributed by atoms with van der Waals surface area (Å²) in [6.07, 6.45) is 13.2. The quantitative estimate of drug-likeness (QED) is 0.0431. The van der Waals surface area contributed by atoms with Crippen LogP contribution < -0.4 is 0 Å². The smallest absolute Gasteiger partial charge is 0.397 e. The Balaban J connectivity index is 2.52. The van der Waals surface area contributed by atoms with Crippen molar-refractivity contribution in [3.8, 4) is 0 Å². The van der Waals surface area contributed by atoms with Gasteiger partial charge in [0.25, 0.3) is 0 Å². The van der Waals surface area contributed by atoms with Gasteiger partial charge in [-0.15, -0.1) is 0 Å². The molecule has 1 saturated heterocycles. The lowest BCUT2D eigenvalue weighted by atomic mass is 9.99. The lowest BCUT2D eigenvalue weighted by Crippen LogP contribution is -2.60. The molecule has 0 bridgehead atoms. The second-order valence-electron chi connectivity index (χ2n) is 12.5. The number of carbonyl (C=O) groups is 1. The average Bonchev–Trinajstić information content (AvgIpc) is 3.01. The van der Waals surface area contributed by atoms with Crippen LogP contribution in [0.4, 0.5) is 0 Å². The van der Waals surface area contributed by atoms with Gasteiger partial charge in [0.2, 0.25) is 0 Å². The summed E-state index contributed by atoms with van der Waals surface area (Å²) in [4.78, 5) is 12.6. The van der Waals surface area contributed by atoms with E-state index in [-0.39, 0.29) is 19.6 Å². The number of carbonyl (C=O) groups excluding carboxylic acids is 1. The van der Waals surface area contributed by atoms with Gasteiger partial charge in [-0.1, -0.05) is 123 Å². The molecule has 46 heavy (non-hydrogen) atoms. The Morgan fingerprint density at radius 2 is 1.24 bits per heavy atom. The number of hydrogen-bond donors (Lipinski definition) is 4. The van der Waals surface area contributed by atoms with E-state index in [4.69, 9.17) is 23.5 Å². The molecule has 0 aromatic carbocycles. The van der Waals surface area contributed by atoms with E-state index in [1.54, 1.807) is 0 Å². The third kappa shape index (κ3) is 21.1. The Hall–Kier alpha value is -0.900. The molecule has 1 rings (SSSR count). The van der Waals surface area contributed by atoms with E-state index in [1.807, 2.05) is 0 Å². The Morgan fingerprint density at radius 3 is 1.74 bits per heavy atom. The molecule has 0 spiro atoms. The molecule has 0 amide bonds. The number of aliphatic hydroxyl groups is 3. The normalized spacial score (nSPS) is 22.6. The molecule has 0 aromatic heterocycles. The second kappa shape index (κ2) is 27.0. The van der Waals surface area contributed by atoms with E-state index >= 15 is 0 Å². The third-order valence-corrected chi connectivity index (χ3v) is 8.69. The number of unbranched alkanes of at least 4 members (excludes halogenated alkanes) is 17. The summed E-state index contributed by atoms with van der Waals surface area (Å²) in [5, 5.41) is 30.4. The Bertz CT molecular complexity index is 842. The molecule has 6 unspecified atom stereocenters. The van der Waals surface area contributed by atoms with Gasteiger partial charge in [-0.3, -0.25) is 9.35 Å². The third-order valence-electron chi connectivity index (χ3n) is 8.23. The molecule has 1 aliphatic rings. The van der Waals surface area contributed by atoms with E-state index < -0.39 is 59.8 Å². The minimum Gasteiger partial charge on any atom is -0.457 e. The van der Waals surface area contributed by atoms with Crippen LogP contribution in [0.25, 0.3) is 0 Å². The zero-order valence-electron chi connectivity index (χ0n) is 28.4. The van der Waals surface area contributed by atoms with Crippen molar-refractivity contribution < 1.29 is 56.2 Å². The van der Waals surface area contributed by atoms with Crippen molar-refractivity contribution in [3.05, 3.63) is 0 Å². The average molecular weight is 685 g/mol. The highest BCUT2D eigenvalue weighted by Gasteiger charge is 2.48. The van der Waals surface area contributed by atoms with E-state index in [0.717, 1.165) is 38.5 Å².